The molecule has 0 radical (unpaired) electrons. The lowest BCUT2D eigenvalue weighted by atomic mass is 9.72. The molecule has 1 unspecified atom stereocenters. The Labute approximate surface area is 245 Å². The SMILES string of the molecule is C=CC(=O)Oc1c(C(C)c2cc(C(C)(C)CC)cc(CC(C)(C)C)c2O)cc(C(C)(C)CC)cc1C(C)(C)CC. The second-order valence-corrected chi connectivity index (χ2v) is 14.8. The van der Waals surface area contributed by atoms with E-state index < -0.39 is 5.97 Å². The monoisotopic (exact) mass is 548 g/mol. The van der Waals surface area contributed by atoms with Crippen LogP contribution in [-0.2, 0) is 27.5 Å². The molecular formula is C37H56O3. The Hall–Kier alpha value is -2.55. The van der Waals surface area contributed by atoms with Gasteiger partial charge in [-0.15, -0.1) is 0 Å². The molecule has 2 aromatic rings. The topological polar surface area (TPSA) is 46.5 Å². The third-order valence-corrected chi connectivity index (χ3v) is 9.30. The molecule has 0 aliphatic rings. The van der Waals surface area contributed by atoms with Crippen molar-refractivity contribution in [2.24, 2.45) is 5.41 Å². The first-order valence-electron chi connectivity index (χ1n) is 15.1. The lowest BCUT2D eigenvalue weighted by Gasteiger charge is -2.33. The van der Waals surface area contributed by atoms with E-state index >= 15 is 0 Å². The maximum atomic E-state index is 12.7. The van der Waals surface area contributed by atoms with Gasteiger partial charge in [-0.25, -0.2) is 4.79 Å². The number of benzene rings is 2. The van der Waals surface area contributed by atoms with E-state index in [0.717, 1.165) is 47.9 Å². The molecule has 2 aromatic carbocycles. The number of aromatic hydroxyl groups is 1. The number of ether oxygens (including phenoxy) is 1. The molecule has 0 spiro atoms. The second kappa shape index (κ2) is 12.1. The predicted octanol–water partition coefficient (Wildman–Crippen LogP) is 10.3. The zero-order chi connectivity index (χ0) is 30.8. The molecule has 0 aromatic heterocycles. The Morgan fingerprint density at radius 2 is 1.30 bits per heavy atom. The fraction of sp³-hybridized carbons (Fsp3) is 0.595. The highest BCUT2D eigenvalue weighted by Gasteiger charge is 2.33. The van der Waals surface area contributed by atoms with E-state index in [9.17, 15) is 9.90 Å². The number of phenols is 1. The van der Waals surface area contributed by atoms with Gasteiger partial charge in [-0.05, 0) is 64.0 Å². The highest BCUT2D eigenvalue weighted by atomic mass is 16.5. The first kappa shape index (κ1) is 33.7. The standard InChI is InChI=1S/C37H56O3/c1-15-31(38)40-33-29(21-27(36(11,12)17-3)22-30(33)37(13,14)18-4)24(5)28-20-26(35(9,10)16-2)19-25(32(28)39)23-34(6,7)8/h15,19-22,24,39H,1,16-18,23H2,2-14H3. The van der Waals surface area contributed by atoms with E-state index in [1.165, 1.54) is 17.2 Å². The van der Waals surface area contributed by atoms with Gasteiger partial charge >= 0.3 is 5.97 Å². The summed E-state index contributed by atoms with van der Waals surface area (Å²) < 4.78 is 6.09. The number of carbonyl (C=O) groups excluding carboxylic acids is 1. The number of phenolic OH excluding ortho intramolecular Hbond substituents is 1. The van der Waals surface area contributed by atoms with Crippen molar-refractivity contribution >= 4 is 5.97 Å². The van der Waals surface area contributed by atoms with Gasteiger partial charge in [0.2, 0.25) is 0 Å². The van der Waals surface area contributed by atoms with Crippen molar-refractivity contribution in [1.29, 1.82) is 0 Å². The lowest BCUT2D eigenvalue weighted by Crippen LogP contribution is -2.24. The van der Waals surface area contributed by atoms with E-state index in [0.29, 0.717) is 11.5 Å². The summed E-state index contributed by atoms with van der Waals surface area (Å²) in [4.78, 5) is 12.7. The Balaban J connectivity index is 3.05. The molecule has 0 amide bonds. The Morgan fingerprint density at radius 3 is 1.75 bits per heavy atom. The van der Waals surface area contributed by atoms with E-state index in [4.69, 9.17) is 4.74 Å². The molecule has 40 heavy (non-hydrogen) atoms. The molecule has 1 N–H and O–H groups in total. The largest absolute Gasteiger partial charge is 0.507 e. The normalized spacial score (nSPS) is 13.7. The zero-order valence-corrected chi connectivity index (χ0v) is 27.8. The fourth-order valence-electron chi connectivity index (χ4n) is 5.03. The highest BCUT2D eigenvalue weighted by Crippen LogP contribution is 2.47. The van der Waals surface area contributed by atoms with Crippen LogP contribution in [0.15, 0.2) is 36.9 Å². The maximum Gasteiger partial charge on any atom is 0.335 e. The Kier molecular flexibility index (Phi) is 10.2. The summed E-state index contributed by atoms with van der Waals surface area (Å²) in [5.41, 5.74) is 5.90. The third-order valence-electron chi connectivity index (χ3n) is 9.30. The summed E-state index contributed by atoms with van der Waals surface area (Å²) in [6.07, 6.45) is 4.83. The molecule has 0 aliphatic carbocycles. The number of carbonyl (C=O) groups is 1. The van der Waals surface area contributed by atoms with Crippen LogP contribution >= 0.6 is 0 Å². The fourth-order valence-corrected chi connectivity index (χ4v) is 5.03. The molecule has 0 heterocycles. The van der Waals surface area contributed by atoms with Gasteiger partial charge in [-0.3, -0.25) is 0 Å². The molecule has 3 heteroatoms. The lowest BCUT2D eigenvalue weighted by molar-refractivity contribution is -0.129. The van der Waals surface area contributed by atoms with Gasteiger partial charge in [0.05, 0.1) is 0 Å². The molecule has 0 bridgehead atoms. The van der Waals surface area contributed by atoms with Crippen LogP contribution in [0.4, 0.5) is 0 Å². The van der Waals surface area contributed by atoms with Crippen LogP contribution in [0.25, 0.3) is 0 Å². The van der Waals surface area contributed by atoms with Gasteiger partial charge in [0.15, 0.2) is 0 Å². The van der Waals surface area contributed by atoms with Crippen molar-refractivity contribution in [2.45, 2.75) is 138 Å². The van der Waals surface area contributed by atoms with Crippen molar-refractivity contribution in [3.05, 3.63) is 70.3 Å². The van der Waals surface area contributed by atoms with Crippen molar-refractivity contribution in [3.63, 3.8) is 0 Å². The van der Waals surface area contributed by atoms with Gasteiger partial charge < -0.3 is 9.84 Å². The summed E-state index contributed by atoms with van der Waals surface area (Å²) >= 11 is 0. The average Bonchev–Trinajstić information content (AvgIpc) is 2.88. The predicted molar refractivity (Wildman–Crippen MR) is 171 cm³/mol. The summed E-state index contributed by atoms with van der Waals surface area (Å²) in [6, 6.07) is 8.81. The molecule has 0 fully saturated rings. The van der Waals surface area contributed by atoms with E-state index in [1.54, 1.807) is 0 Å². The van der Waals surface area contributed by atoms with Crippen LogP contribution in [0, 0.1) is 5.41 Å². The summed E-state index contributed by atoms with van der Waals surface area (Å²) in [7, 11) is 0. The van der Waals surface area contributed by atoms with Gasteiger partial charge in [-0.2, -0.15) is 0 Å². The van der Waals surface area contributed by atoms with E-state index in [1.807, 2.05) is 0 Å². The number of esters is 1. The Bertz CT molecular complexity index is 1220. The third kappa shape index (κ3) is 7.39. The van der Waals surface area contributed by atoms with Gasteiger partial charge in [0.25, 0.3) is 0 Å². The smallest absolute Gasteiger partial charge is 0.335 e. The van der Waals surface area contributed by atoms with E-state index in [-0.39, 0.29) is 27.6 Å². The van der Waals surface area contributed by atoms with Crippen molar-refractivity contribution in [3.8, 4) is 11.5 Å². The summed E-state index contributed by atoms with van der Waals surface area (Å²) in [5, 5.41) is 11.8. The molecular weight excluding hydrogens is 492 g/mol. The van der Waals surface area contributed by atoms with Crippen LogP contribution in [0.1, 0.15) is 149 Å². The summed E-state index contributed by atoms with van der Waals surface area (Å²) in [5.74, 6) is 0.257. The molecule has 0 saturated heterocycles. The van der Waals surface area contributed by atoms with Crippen LogP contribution in [-0.4, -0.2) is 11.1 Å². The number of rotatable bonds is 11. The minimum Gasteiger partial charge on any atom is -0.507 e. The van der Waals surface area contributed by atoms with Crippen molar-refractivity contribution in [1.82, 2.24) is 0 Å². The quantitative estimate of drug-likeness (QED) is 0.173. The van der Waals surface area contributed by atoms with Crippen LogP contribution in [0.2, 0.25) is 0 Å². The molecule has 3 nitrogen and oxygen atoms in total. The van der Waals surface area contributed by atoms with Gasteiger partial charge in [0.1, 0.15) is 11.5 Å². The highest BCUT2D eigenvalue weighted by molar-refractivity contribution is 5.84. The molecule has 222 valence electrons. The van der Waals surface area contributed by atoms with Crippen LogP contribution < -0.4 is 4.74 Å². The van der Waals surface area contributed by atoms with Crippen LogP contribution in [0.5, 0.6) is 11.5 Å². The molecule has 0 saturated carbocycles. The minimum atomic E-state index is -0.470. The number of hydrogen-bond acceptors (Lipinski definition) is 3. The molecule has 0 aliphatic heterocycles. The first-order chi connectivity index (χ1) is 18.2. The van der Waals surface area contributed by atoms with Gasteiger partial charge in [0, 0.05) is 28.7 Å². The minimum absolute atomic E-state index is 0.0149. The molecule has 2 rings (SSSR count). The zero-order valence-electron chi connectivity index (χ0n) is 27.8. The summed E-state index contributed by atoms with van der Waals surface area (Å²) in [6.45, 7) is 32.4. The second-order valence-electron chi connectivity index (χ2n) is 14.8. The van der Waals surface area contributed by atoms with E-state index in [2.05, 4.69) is 121 Å². The van der Waals surface area contributed by atoms with Gasteiger partial charge in [-0.1, -0.05) is 121 Å². The molecule has 1 atom stereocenters. The maximum absolute atomic E-state index is 12.7. The van der Waals surface area contributed by atoms with Crippen molar-refractivity contribution < 1.29 is 14.6 Å². The van der Waals surface area contributed by atoms with Crippen LogP contribution in [0.3, 0.4) is 0 Å². The average molecular weight is 549 g/mol. The van der Waals surface area contributed by atoms with Crippen molar-refractivity contribution in [2.75, 3.05) is 0 Å². The first-order valence-corrected chi connectivity index (χ1v) is 15.1. The number of hydrogen-bond donors (Lipinski definition) is 1. The Morgan fingerprint density at radius 1 is 0.825 bits per heavy atom.